The fraction of sp³-hybridized carbons (Fsp3) is 0.438. The average Bonchev–Trinajstić information content (AvgIpc) is 2.53. The molecule has 0 spiro atoms. The summed E-state index contributed by atoms with van der Waals surface area (Å²) < 4.78 is 15.7. The molecule has 1 heterocycles. The molecule has 5 nitrogen and oxygen atoms in total. The van der Waals surface area contributed by atoms with E-state index in [-0.39, 0.29) is 0 Å². The van der Waals surface area contributed by atoms with Crippen LogP contribution in [0.15, 0.2) is 30.3 Å². The van der Waals surface area contributed by atoms with Gasteiger partial charge in [0.05, 0.1) is 32.6 Å². The van der Waals surface area contributed by atoms with E-state index in [0.717, 1.165) is 28.9 Å². The number of pyridine rings is 1. The van der Waals surface area contributed by atoms with Crippen LogP contribution in [0.2, 0.25) is 0 Å². The maximum absolute atomic E-state index is 5.39. The van der Waals surface area contributed by atoms with Gasteiger partial charge in [-0.15, -0.1) is 0 Å². The molecule has 1 aromatic heterocycles. The molecule has 0 saturated heterocycles. The topological polar surface area (TPSA) is 52.6 Å². The summed E-state index contributed by atoms with van der Waals surface area (Å²) in [6, 6.07) is 10.0. The second-order valence-electron chi connectivity index (χ2n) is 4.62. The number of nitrogens with zero attached hydrogens (tertiary/aromatic N) is 1. The first kappa shape index (κ1) is 15.7. The summed E-state index contributed by atoms with van der Waals surface area (Å²) in [5, 5.41) is 4.40. The number of ether oxygens (including phenoxy) is 3. The van der Waals surface area contributed by atoms with Gasteiger partial charge in [-0.25, -0.2) is 4.98 Å². The third-order valence-corrected chi connectivity index (χ3v) is 3.12. The summed E-state index contributed by atoms with van der Waals surface area (Å²) in [6.45, 7) is 3.42. The zero-order chi connectivity index (χ0) is 14.9. The number of fused-ring (bicyclic) bond motifs is 1. The molecular formula is C16H22N2O3. The van der Waals surface area contributed by atoms with Crippen molar-refractivity contribution in [3.8, 4) is 5.75 Å². The van der Waals surface area contributed by atoms with Crippen molar-refractivity contribution in [2.75, 3.05) is 40.6 Å². The fourth-order valence-corrected chi connectivity index (χ4v) is 2.03. The zero-order valence-electron chi connectivity index (χ0n) is 12.6. The average molecular weight is 290 g/mol. The van der Waals surface area contributed by atoms with Crippen molar-refractivity contribution in [2.24, 2.45) is 0 Å². The van der Waals surface area contributed by atoms with Gasteiger partial charge in [-0.05, 0) is 12.1 Å². The molecule has 0 bridgehead atoms. The maximum Gasteiger partial charge on any atom is 0.145 e. The summed E-state index contributed by atoms with van der Waals surface area (Å²) in [5.74, 6) is 0.803. The Balaban J connectivity index is 1.85. The van der Waals surface area contributed by atoms with Gasteiger partial charge in [0.15, 0.2) is 0 Å². The van der Waals surface area contributed by atoms with E-state index in [0.29, 0.717) is 26.4 Å². The smallest absolute Gasteiger partial charge is 0.145 e. The molecule has 0 atom stereocenters. The number of aromatic nitrogens is 1. The number of nitrogens with one attached hydrogen (secondary N) is 1. The normalized spacial score (nSPS) is 11.0. The Morgan fingerprint density at radius 3 is 2.76 bits per heavy atom. The van der Waals surface area contributed by atoms with Crippen molar-refractivity contribution in [3.63, 3.8) is 0 Å². The molecule has 0 fully saturated rings. The lowest BCUT2D eigenvalue weighted by molar-refractivity contribution is 0.0719. The van der Waals surface area contributed by atoms with E-state index in [9.17, 15) is 0 Å². The molecule has 0 saturated carbocycles. The summed E-state index contributed by atoms with van der Waals surface area (Å²) in [6.07, 6.45) is 0. The first-order chi connectivity index (χ1) is 10.3. The van der Waals surface area contributed by atoms with Crippen LogP contribution in [0.4, 0.5) is 0 Å². The Hall–Kier alpha value is -1.69. The highest BCUT2D eigenvalue weighted by Gasteiger charge is 2.03. The van der Waals surface area contributed by atoms with Crippen LogP contribution in [0.5, 0.6) is 5.75 Å². The predicted molar refractivity (Wildman–Crippen MR) is 82.7 cm³/mol. The molecule has 2 rings (SSSR count). The van der Waals surface area contributed by atoms with Crippen LogP contribution in [-0.4, -0.2) is 45.6 Å². The first-order valence-corrected chi connectivity index (χ1v) is 7.05. The van der Waals surface area contributed by atoms with Crippen molar-refractivity contribution in [3.05, 3.63) is 36.0 Å². The molecule has 0 aliphatic heterocycles. The predicted octanol–water partition coefficient (Wildman–Crippen LogP) is 2.00. The lowest BCUT2D eigenvalue weighted by atomic mass is 10.2. The van der Waals surface area contributed by atoms with Gasteiger partial charge in [-0.2, -0.15) is 0 Å². The van der Waals surface area contributed by atoms with Gasteiger partial charge in [0.25, 0.3) is 0 Å². The van der Waals surface area contributed by atoms with Crippen molar-refractivity contribution in [1.29, 1.82) is 0 Å². The molecule has 0 aliphatic rings. The summed E-state index contributed by atoms with van der Waals surface area (Å²) in [7, 11) is 3.33. The first-order valence-electron chi connectivity index (χ1n) is 7.05. The third kappa shape index (κ3) is 4.67. The van der Waals surface area contributed by atoms with E-state index >= 15 is 0 Å². The lowest BCUT2D eigenvalue weighted by Crippen LogP contribution is -2.20. The van der Waals surface area contributed by atoms with Gasteiger partial charge in [0.1, 0.15) is 11.3 Å². The zero-order valence-corrected chi connectivity index (χ0v) is 12.6. The van der Waals surface area contributed by atoms with Crippen LogP contribution in [0, 0.1) is 0 Å². The Kier molecular flexibility index (Phi) is 6.40. The highest BCUT2D eigenvalue weighted by Crippen LogP contribution is 2.23. The minimum atomic E-state index is 0.629. The minimum Gasteiger partial charge on any atom is -0.494 e. The van der Waals surface area contributed by atoms with Crippen LogP contribution in [0.25, 0.3) is 10.9 Å². The molecular weight excluding hydrogens is 268 g/mol. The van der Waals surface area contributed by atoms with Gasteiger partial charge in [0.2, 0.25) is 0 Å². The van der Waals surface area contributed by atoms with Gasteiger partial charge >= 0.3 is 0 Å². The van der Waals surface area contributed by atoms with Crippen LogP contribution < -0.4 is 10.1 Å². The van der Waals surface area contributed by atoms with Gasteiger partial charge in [0, 0.05) is 25.6 Å². The SMILES string of the molecule is COCCOCCNCc1ccc2cccc(OC)c2n1. The number of benzene rings is 1. The number of para-hydroxylation sites is 1. The summed E-state index contributed by atoms with van der Waals surface area (Å²) in [4.78, 5) is 4.64. The molecule has 21 heavy (non-hydrogen) atoms. The van der Waals surface area contributed by atoms with Crippen LogP contribution in [0.3, 0.4) is 0 Å². The molecule has 0 amide bonds. The van der Waals surface area contributed by atoms with Gasteiger partial charge in [-0.1, -0.05) is 18.2 Å². The second kappa shape index (κ2) is 8.56. The van der Waals surface area contributed by atoms with Gasteiger partial charge < -0.3 is 19.5 Å². The Labute approximate surface area is 125 Å². The van der Waals surface area contributed by atoms with E-state index in [4.69, 9.17) is 14.2 Å². The monoisotopic (exact) mass is 290 g/mol. The number of hydrogen-bond donors (Lipinski definition) is 1. The Bertz CT molecular complexity index is 560. The molecule has 114 valence electrons. The van der Waals surface area contributed by atoms with Crippen molar-refractivity contribution in [1.82, 2.24) is 10.3 Å². The molecule has 0 unspecified atom stereocenters. The summed E-state index contributed by atoms with van der Waals surface area (Å²) >= 11 is 0. The highest BCUT2D eigenvalue weighted by atomic mass is 16.5. The number of methoxy groups -OCH3 is 2. The fourth-order valence-electron chi connectivity index (χ4n) is 2.03. The minimum absolute atomic E-state index is 0.629. The van der Waals surface area contributed by atoms with Crippen LogP contribution in [-0.2, 0) is 16.0 Å². The van der Waals surface area contributed by atoms with E-state index in [1.54, 1.807) is 14.2 Å². The molecule has 5 heteroatoms. The third-order valence-electron chi connectivity index (χ3n) is 3.12. The summed E-state index contributed by atoms with van der Waals surface area (Å²) in [5.41, 5.74) is 1.89. The molecule has 1 aromatic carbocycles. The number of rotatable bonds is 9. The van der Waals surface area contributed by atoms with E-state index in [1.165, 1.54) is 0 Å². The number of hydrogen-bond acceptors (Lipinski definition) is 5. The molecule has 0 aliphatic carbocycles. The Morgan fingerprint density at radius 1 is 1.05 bits per heavy atom. The molecule has 0 radical (unpaired) electrons. The van der Waals surface area contributed by atoms with Crippen molar-refractivity contribution in [2.45, 2.75) is 6.54 Å². The molecule has 2 aromatic rings. The Morgan fingerprint density at radius 2 is 1.95 bits per heavy atom. The van der Waals surface area contributed by atoms with E-state index < -0.39 is 0 Å². The maximum atomic E-state index is 5.39. The van der Waals surface area contributed by atoms with Crippen LogP contribution >= 0.6 is 0 Å². The standard InChI is InChI=1S/C16H22N2O3/c1-19-10-11-21-9-8-17-12-14-7-6-13-4-3-5-15(20-2)16(13)18-14/h3-7,17H,8-12H2,1-2H3. The quantitative estimate of drug-likeness (QED) is 0.716. The van der Waals surface area contributed by atoms with Crippen molar-refractivity contribution < 1.29 is 14.2 Å². The van der Waals surface area contributed by atoms with Crippen LogP contribution in [0.1, 0.15) is 5.69 Å². The van der Waals surface area contributed by atoms with Crippen molar-refractivity contribution >= 4 is 10.9 Å². The van der Waals surface area contributed by atoms with Gasteiger partial charge in [-0.3, -0.25) is 0 Å². The second-order valence-corrected chi connectivity index (χ2v) is 4.62. The molecule has 1 N–H and O–H groups in total. The lowest BCUT2D eigenvalue weighted by Gasteiger charge is -2.08. The van der Waals surface area contributed by atoms with E-state index in [1.807, 2.05) is 24.3 Å². The largest absolute Gasteiger partial charge is 0.494 e. The highest BCUT2D eigenvalue weighted by molar-refractivity contribution is 5.84. The van der Waals surface area contributed by atoms with E-state index in [2.05, 4.69) is 16.4 Å².